The van der Waals surface area contributed by atoms with Gasteiger partial charge in [0.1, 0.15) is 11.9 Å². The lowest BCUT2D eigenvalue weighted by Gasteiger charge is -2.25. The van der Waals surface area contributed by atoms with E-state index in [4.69, 9.17) is 4.74 Å². The number of benzene rings is 2. The van der Waals surface area contributed by atoms with Crippen LogP contribution in [0.25, 0.3) is 0 Å². The first-order valence-electron chi connectivity index (χ1n) is 13.8. The van der Waals surface area contributed by atoms with Crippen molar-refractivity contribution in [1.82, 2.24) is 0 Å². The minimum atomic E-state index is -4.01. The molecule has 0 heterocycles. The number of halogens is 3. The van der Waals surface area contributed by atoms with Gasteiger partial charge in [-0.2, -0.15) is 13.2 Å². The summed E-state index contributed by atoms with van der Waals surface area (Å²) in [5.41, 5.74) is 4.01. The Morgan fingerprint density at radius 1 is 0.829 bits per heavy atom. The average molecular weight is 487 g/mol. The molecule has 0 bridgehead atoms. The third-order valence-corrected chi connectivity index (χ3v) is 8.22. The van der Waals surface area contributed by atoms with Crippen molar-refractivity contribution >= 4 is 0 Å². The first-order valence-corrected chi connectivity index (χ1v) is 13.8. The van der Waals surface area contributed by atoms with Crippen LogP contribution in [0.3, 0.4) is 0 Å². The van der Waals surface area contributed by atoms with Gasteiger partial charge < -0.3 is 4.74 Å². The predicted octanol–water partition coefficient (Wildman–Crippen LogP) is 9.78. The maximum absolute atomic E-state index is 12.4. The maximum atomic E-state index is 12.4. The molecule has 0 N–H and O–H groups in total. The smallest absolute Gasteiger partial charge is 0.389 e. The molecule has 1 fully saturated rings. The number of aryl methyl sites for hydroxylation is 1. The van der Waals surface area contributed by atoms with E-state index in [0.717, 1.165) is 30.9 Å². The normalized spacial score (nSPS) is 24.7. The number of rotatable bonds is 10. The van der Waals surface area contributed by atoms with Crippen LogP contribution in [0.5, 0.6) is 5.75 Å². The third-order valence-electron chi connectivity index (χ3n) is 8.22. The Hall–Kier alpha value is -1.97. The molecular weight excluding hydrogens is 445 g/mol. The molecule has 35 heavy (non-hydrogen) atoms. The second-order valence-electron chi connectivity index (χ2n) is 11.1. The highest BCUT2D eigenvalue weighted by Crippen LogP contribution is 2.43. The van der Waals surface area contributed by atoms with E-state index < -0.39 is 12.6 Å². The van der Waals surface area contributed by atoms with E-state index in [0.29, 0.717) is 18.3 Å². The van der Waals surface area contributed by atoms with E-state index in [1.54, 1.807) is 0 Å². The highest BCUT2D eigenvalue weighted by molar-refractivity contribution is 5.36. The van der Waals surface area contributed by atoms with E-state index in [9.17, 15) is 13.2 Å². The van der Waals surface area contributed by atoms with Crippen LogP contribution < -0.4 is 4.74 Å². The van der Waals surface area contributed by atoms with Gasteiger partial charge >= 0.3 is 6.18 Å². The molecule has 2 aliphatic carbocycles. The highest BCUT2D eigenvalue weighted by Gasteiger charge is 2.34. The molecule has 0 saturated heterocycles. The maximum Gasteiger partial charge on any atom is 0.389 e. The van der Waals surface area contributed by atoms with Gasteiger partial charge in [-0.05, 0) is 67.7 Å². The van der Waals surface area contributed by atoms with Crippen molar-refractivity contribution < 1.29 is 17.9 Å². The molecule has 1 nitrogen and oxygen atoms in total. The Morgan fingerprint density at radius 2 is 1.54 bits per heavy atom. The van der Waals surface area contributed by atoms with Crippen LogP contribution in [0.1, 0.15) is 99.8 Å². The Labute approximate surface area is 209 Å². The summed E-state index contributed by atoms with van der Waals surface area (Å²) in [4.78, 5) is 0. The Morgan fingerprint density at radius 3 is 2.29 bits per heavy atom. The quantitative estimate of drug-likeness (QED) is 0.240. The standard InChI is InChI=1S/C31H41F3O/c1-23-14-18-28(19-15-23)35-30-27(22-26-12-6-7-13-29(26)30)17-16-25-11-5-4-10-24(21-25)9-3-2-8-20-31(32,33)34/h6-7,12-15,18-19,24-25,27,30H,2-5,8-11,16-17,20-22H2,1H3. The van der Waals surface area contributed by atoms with E-state index in [1.807, 2.05) is 0 Å². The summed E-state index contributed by atoms with van der Waals surface area (Å²) in [7, 11) is 0. The highest BCUT2D eigenvalue weighted by atomic mass is 19.4. The van der Waals surface area contributed by atoms with Gasteiger partial charge in [0.15, 0.2) is 0 Å². The van der Waals surface area contributed by atoms with Crippen molar-refractivity contribution in [3.63, 3.8) is 0 Å². The second kappa shape index (κ2) is 12.3. The number of ether oxygens (including phenoxy) is 1. The molecule has 2 aliphatic rings. The van der Waals surface area contributed by atoms with Crippen molar-refractivity contribution in [2.45, 2.75) is 103 Å². The summed E-state index contributed by atoms with van der Waals surface area (Å²) in [6.07, 6.45) is 8.38. The largest absolute Gasteiger partial charge is 0.485 e. The molecule has 1 saturated carbocycles. The molecule has 0 aliphatic heterocycles. The second-order valence-corrected chi connectivity index (χ2v) is 11.1. The summed E-state index contributed by atoms with van der Waals surface area (Å²) in [5.74, 6) is 2.87. The first kappa shape index (κ1) is 26.1. The average Bonchev–Trinajstić information content (AvgIpc) is 3.00. The molecule has 0 spiro atoms. The summed E-state index contributed by atoms with van der Waals surface area (Å²) in [5, 5.41) is 0. The zero-order valence-electron chi connectivity index (χ0n) is 21.2. The van der Waals surface area contributed by atoms with Crippen LogP contribution in [-0.4, -0.2) is 6.18 Å². The van der Waals surface area contributed by atoms with Gasteiger partial charge in [0.25, 0.3) is 0 Å². The van der Waals surface area contributed by atoms with Crippen LogP contribution in [0, 0.1) is 24.7 Å². The lowest BCUT2D eigenvalue weighted by atomic mass is 9.84. The molecule has 4 rings (SSSR count). The van der Waals surface area contributed by atoms with Crippen molar-refractivity contribution in [3.8, 4) is 5.75 Å². The Bertz CT molecular complexity index is 904. The molecule has 0 aromatic heterocycles. The van der Waals surface area contributed by atoms with Crippen molar-refractivity contribution in [2.75, 3.05) is 0 Å². The van der Waals surface area contributed by atoms with Crippen molar-refractivity contribution in [1.29, 1.82) is 0 Å². The lowest BCUT2D eigenvalue weighted by molar-refractivity contribution is -0.135. The monoisotopic (exact) mass is 486 g/mol. The Kier molecular flexibility index (Phi) is 9.19. The third kappa shape index (κ3) is 8.02. The summed E-state index contributed by atoms with van der Waals surface area (Å²) in [6, 6.07) is 17.1. The lowest BCUT2D eigenvalue weighted by Crippen LogP contribution is -2.16. The molecule has 4 atom stereocenters. The molecule has 2 aromatic rings. The summed E-state index contributed by atoms with van der Waals surface area (Å²) >= 11 is 0. The zero-order chi connectivity index (χ0) is 24.7. The van der Waals surface area contributed by atoms with Crippen LogP contribution in [0.2, 0.25) is 0 Å². The first-order chi connectivity index (χ1) is 16.9. The molecular formula is C31H41F3O. The van der Waals surface area contributed by atoms with Gasteiger partial charge in [-0.15, -0.1) is 0 Å². The van der Waals surface area contributed by atoms with Crippen LogP contribution >= 0.6 is 0 Å². The van der Waals surface area contributed by atoms with E-state index in [1.165, 1.54) is 61.6 Å². The molecule has 4 heteroatoms. The number of hydrogen-bond acceptors (Lipinski definition) is 1. The summed E-state index contributed by atoms with van der Waals surface area (Å²) < 4.78 is 43.8. The van der Waals surface area contributed by atoms with Crippen molar-refractivity contribution in [2.24, 2.45) is 17.8 Å². The van der Waals surface area contributed by atoms with Crippen LogP contribution in [-0.2, 0) is 6.42 Å². The minimum Gasteiger partial charge on any atom is -0.485 e. The van der Waals surface area contributed by atoms with E-state index in [-0.39, 0.29) is 12.5 Å². The van der Waals surface area contributed by atoms with Gasteiger partial charge in [0.2, 0.25) is 0 Å². The zero-order valence-corrected chi connectivity index (χ0v) is 21.2. The molecule has 0 radical (unpaired) electrons. The van der Waals surface area contributed by atoms with E-state index >= 15 is 0 Å². The number of hydrogen-bond donors (Lipinski definition) is 0. The van der Waals surface area contributed by atoms with Gasteiger partial charge in [-0.3, -0.25) is 0 Å². The molecule has 4 unspecified atom stereocenters. The Balaban J connectivity index is 1.30. The number of unbranched alkanes of at least 4 members (excludes halogenated alkanes) is 2. The number of fused-ring (bicyclic) bond motifs is 1. The van der Waals surface area contributed by atoms with Gasteiger partial charge in [0, 0.05) is 12.3 Å². The predicted molar refractivity (Wildman–Crippen MR) is 137 cm³/mol. The fourth-order valence-corrected chi connectivity index (χ4v) is 6.30. The van der Waals surface area contributed by atoms with E-state index in [2.05, 4.69) is 55.5 Å². The molecule has 0 amide bonds. The van der Waals surface area contributed by atoms with Gasteiger partial charge in [-0.25, -0.2) is 0 Å². The fraction of sp³-hybridized carbons (Fsp3) is 0.613. The molecule has 2 aromatic carbocycles. The van der Waals surface area contributed by atoms with Crippen molar-refractivity contribution in [3.05, 3.63) is 65.2 Å². The van der Waals surface area contributed by atoms with Gasteiger partial charge in [0.05, 0.1) is 0 Å². The topological polar surface area (TPSA) is 9.23 Å². The SMILES string of the molecule is Cc1ccc(OC2c3ccccc3CC2CCC2CCCCC(CCCCCC(F)(F)F)C2)cc1. The minimum absolute atomic E-state index is 0.115. The number of alkyl halides is 3. The fourth-order valence-electron chi connectivity index (χ4n) is 6.30. The summed E-state index contributed by atoms with van der Waals surface area (Å²) in [6.45, 7) is 2.10. The van der Waals surface area contributed by atoms with Crippen LogP contribution in [0.4, 0.5) is 13.2 Å². The van der Waals surface area contributed by atoms with Gasteiger partial charge in [-0.1, -0.05) is 93.3 Å². The van der Waals surface area contributed by atoms with Crippen LogP contribution in [0.15, 0.2) is 48.5 Å². The molecule has 192 valence electrons.